The lowest BCUT2D eigenvalue weighted by Crippen LogP contribution is -2.61. The summed E-state index contributed by atoms with van der Waals surface area (Å²) >= 11 is 0. The molecule has 1 N–H and O–H groups in total. The summed E-state index contributed by atoms with van der Waals surface area (Å²) in [5, 5.41) is 1.30. The van der Waals surface area contributed by atoms with E-state index < -0.39 is 0 Å². The van der Waals surface area contributed by atoms with E-state index in [1.54, 1.807) is 0 Å². The van der Waals surface area contributed by atoms with Gasteiger partial charge < -0.3 is 9.78 Å². The number of para-hydroxylation sites is 1. The van der Waals surface area contributed by atoms with Crippen LogP contribution in [0.2, 0.25) is 0 Å². The van der Waals surface area contributed by atoms with Crippen LogP contribution in [0.5, 0.6) is 0 Å². The fourth-order valence-corrected chi connectivity index (χ4v) is 5.47. The highest BCUT2D eigenvalue weighted by atomic mass is 16.1. The number of aromatic nitrogens is 1. The molecule has 1 aromatic heterocycles. The second-order valence-corrected chi connectivity index (χ2v) is 7.39. The van der Waals surface area contributed by atoms with E-state index in [9.17, 15) is 4.79 Å². The number of aromatic amines is 1. The van der Waals surface area contributed by atoms with E-state index in [1.807, 2.05) is 0 Å². The maximum Gasteiger partial charge on any atom is 0.133 e. The Morgan fingerprint density at radius 1 is 1.39 bits per heavy atom. The van der Waals surface area contributed by atoms with E-state index in [-0.39, 0.29) is 11.5 Å². The molecule has 4 aliphatic rings. The van der Waals surface area contributed by atoms with Gasteiger partial charge in [-0.2, -0.15) is 0 Å². The van der Waals surface area contributed by atoms with Crippen molar-refractivity contribution in [3.05, 3.63) is 47.2 Å². The third-order valence-corrected chi connectivity index (χ3v) is 6.27. The monoisotopic (exact) mass is 306 g/mol. The highest BCUT2D eigenvalue weighted by Gasteiger charge is 2.55. The van der Waals surface area contributed by atoms with Gasteiger partial charge in [0, 0.05) is 35.7 Å². The smallest absolute Gasteiger partial charge is 0.133 e. The summed E-state index contributed by atoms with van der Waals surface area (Å²) in [7, 11) is 0. The fraction of sp³-hybridized carbons (Fsp3) is 0.450. The summed E-state index contributed by atoms with van der Waals surface area (Å²) in [5.74, 6) is 0.512. The lowest BCUT2D eigenvalue weighted by atomic mass is 9.61. The Hall–Kier alpha value is -1.87. The van der Waals surface area contributed by atoms with Gasteiger partial charge >= 0.3 is 0 Å². The summed E-state index contributed by atoms with van der Waals surface area (Å²) in [6.45, 7) is 4.40. The van der Waals surface area contributed by atoms with Crippen molar-refractivity contribution in [3.63, 3.8) is 0 Å². The van der Waals surface area contributed by atoms with Crippen LogP contribution in [0.4, 0.5) is 0 Å². The molecule has 4 unspecified atom stereocenters. The molecule has 3 heteroatoms. The van der Waals surface area contributed by atoms with Gasteiger partial charge in [-0.15, -0.1) is 0 Å². The second kappa shape index (κ2) is 4.57. The van der Waals surface area contributed by atoms with Crippen molar-refractivity contribution in [2.45, 2.75) is 37.6 Å². The first-order valence-corrected chi connectivity index (χ1v) is 8.78. The van der Waals surface area contributed by atoms with E-state index in [0.717, 1.165) is 32.4 Å². The molecule has 0 spiro atoms. The van der Waals surface area contributed by atoms with Crippen molar-refractivity contribution in [2.75, 3.05) is 13.1 Å². The number of rotatable bonds is 2. The van der Waals surface area contributed by atoms with Crippen molar-refractivity contribution in [3.8, 4) is 0 Å². The fourth-order valence-electron chi connectivity index (χ4n) is 5.47. The van der Waals surface area contributed by atoms with Crippen LogP contribution in [-0.4, -0.2) is 35.3 Å². The molecule has 1 saturated heterocycles. The SMILES string of the molecule is CCC1=CC2CN3CCc4c([nH]c5ccccc45)C(C=O)(C2)C13. The molecule has 0 amide bonds. The zero-order chi connectivity index (χ0) is 15.6. The first kappa shape index (κ1) is 13.6. The normalized spacial score (nSPS) is 34.8. The Morgan fingerprint density at radius 3 is 3.09 bits per heavy atom. The standard InChI is InChI=1S/C20H22N2O/c1-2-14-9-13-10-20(12-23)18-16(7-8-22(11-13)19(14)20)15-5-3-4-6-17(15)21-18/h3-6,9,12-13,19,21H,2,7-8,10-11H2,1H3. The average Bonchev–Trinajstić information content (AvgIpc) is 2.94. The van der Waals surface area contributed by atoms with Crippen molar-refractivity contribution < 1.29 is 4.79 Å². The molecule has 6 rings (SSSR count). The van der Waals surface area contributed by atoms with E-state index in [2.05, 4.69) is 47.1 Å². The Kier molecular flexibility index (Phi) is 2.70. The van der Waals surface area contributed by atoms with Crippen LogP contribution in [0.1, 0.15) is 31.0 Å². The van der Waals surface area contributed by atoms with Crippen LogP contribution < -0.4 is 0 Å². The van der Waals surface area contributed by atoms with Crippen molar-refractivity contribution in [2.24, 2.45) is 5.92 Å². The average molecular weight is 306 g/mol. The molecule has 118 valence electrons. The lowest BCUT2D eigenvalue weighted by Gasteiger charge is -2.53. The van der Waals surface area contributed by atoms with Gasteiger partial charge in [-0.3, -0.25) is 4.90 Å². The van der Waals surface area contributed by atoms with Gasteiger partial charge in [0.15, 0.2) is 0 Å². The number of H-pyrrole nitrogens is 1. The summed E-state index contributed by atoms with van der Waals surface area (Å²) in [6.07, 6.45) is 6.76. The molecule has 0 radical (unpaired) electrons. The zero-order valence-corrected chi connectivity index (χ0v) is 13.5. The topological polar surface area (TPSA) is 36.1 Å². The van der Waals surface area contributed by atoms with Crippen LogP contribution >= 0.6 is 0 Å². The van der Waals surface area contributed by atoms with E-state index in [4.69, 9.17) is 0 Å². The van der Waals surface area contributed by atoms with Crippen LogP contribution in [-0.2, 0) is 16.6 Å². The number of carbonyl (C=O) groups excluding carboxylic acids is 1. The third kappa shape index (κ3) is 1.61. The Bertz CT molecular complexity index is 833. The molecule has 23 heavy (non-hydrogen) atoms. The van der Waals surface area contributed by atoms with Crippen LogP contribution in [0.15, 0.2) is 35.9 Å². The Balaban J connectivity index is 1.81. The van der Waals surface area contributed by atoms with Gasteiger partial charge in [0.05, 0.1) is 5.41 Å². The number of nitrogens with one attached hydrogen (secondary N) is 1. The van der Waals surface area contributed by atoms with Crippen LogP contribution in [0.25, 0.3) is 10.9 Å². The number of piperidine rings is 1. The van der Waals surface area contributed by atoms with E-state index in [0.29, 0.717) is 5.92 Å². The molecule has 4 bridgehead atoms. The minimum Gasteiger partial charge on any atom is -0.357 e. The molecular weight excluding hydrogens is 284 g/mol. The maximum atomic E-state index is 12.5. The molecular formula is C20H22N2O. The first-order chi connectivity index (χ1) is 11.3. The predicted octanol–water partition coefficient (Wildman–Crippen LogP) is 3.20. The van der Waals surface area contributed by atoms with Crippen LogP contribution in [0.3, 0.4) is 0 Å². The largest absolute Gasteiger partial charge is 0.357 e. The lowest BCUT2D eigenvalue weighted by molar-refractivity contribution is -0.117. The minimum atomic E-state index is -0.381. The van der Waals surface area contributed by atoms with Crippen molar-refractivity contribution >= 4 is 17.2 Å². The number of nitrogens with zero attached hydrogens (tertiary/aromatic N) is 1. The van der Waals surface area contributed by atoms with Gasteiger partial charge in [-0.25, -0.2) is 0 Å². The van der Waals surface area contributed by atoms with Crippen LogP contribution in [0, 0.1) is 5.92 Å². The first-order valence-electron chi connectivity index (χ1n) is 8.78. The van der Waals surface area contributed by atoms with E-state index >= 15 is 0 Å². The molecule has 1 fully saturated rings. The number of benzene rings is 1. The molecule has 1 aromatic carbocycles. The molecule has 1 aliphatic carbocycles. The van der Waals surface area contributed by atoms with E-state index in [1.165, 1.54) is 34.0 Å². The molecule has 3 aliphatic heterocycles. The van der Waals surface area contributed by atoms with Gasteiger partial charge in [-0.05, 0) is 36.8 Å². The number of carbonyl (C=O) groups is 1. The molecule has 0 saturated carbocycles. The highest BCUT2D eigenvalue weighted by molar-refractivity contribution is 5.88. The van der Waals surface area contributed by atoms with Gasteiger partial charge in [-0.1, -0.05) is 36.8 Å². The van der Waals surface area contributed by atoms with Gasteiger partial charge in [0.1, 0.15) is 6.29 Å². The number of hydrogen-bond donors (Lipinski definition) is 1. The number of fused-ring (bicyclic) bond motifs is 3. The molecule has 4 heterocycles. The quantitative estimate of drug-likeness (QED) is 0.683. The van der Waals surface area contributed by atoms with Crippen molar-refractivity contribution in [1.82, 2.24) is 9.88 Å². The van der Waals surface area contributed by atoms with Gasteiger partial charge in [0.25, 0.3) is 0 Å². The third-order valence-electron chi connectivity index (χ3n) is 6.27. The summed E-state index contributed by atoms with van der Waals surface area (Å²) in [6, 6.07) is 8.76. The number of hydrogen-bond acceptors (Lipinski definition) is 2. The Morgan fingerprint density at radius 2 is 2.26 bits per heavy atom. The second-order valence-electron chi connectivity index (χ2n) is 7.39. The molecule has 4 atom stereocenters. The predicted molar refractivity (Wildman–Crippen MR) is 91.6 cm³/mol. The Labute approximate surface area is 136 Å². The molecule has 3 nitrogen and oxygen atoms in total. The zero-order valence-electron chi connectivity index (χ0n) is 13.5. The van der Waals surface area contributed by atoms with Gasteiger partial charge in [0.2, 0.25) is 0 Å². The highest BCUT2D eigenvalue weighted by Crippen LogP contribution is 2.51. The minimum absolute atomic E-state index is 0.254. The summed E-state index contributed by atoms with van der Waals surface area (Å²) in [5.41, 5.74) is 4.83. The molecule has 2 aromatic rings. The summed E-state index contributed by atoms with van der Waals surface area (Å²) in [4.78, 5) is 18.7. The maximum absolute atomic E-state index is 12.5. The summed E-state index contributed by atoms with van der Waals surface area (Å²) < 4.78 is 0. The number of aldehydes is 1. The van der Waals surface area contributed by atoms with Crippen molar-refractivity contribution in [1.29, 1.82) is 0 Å².